The summed E-state index contributed by atoms with van der Waals surface area (Å²) in [5, 5.41) is 3.36. The highest BCUT2D eigenvalue weighted by Gasteiger charge is 2.44. The highest BCUT2D eigenvalue weighted by molar-refractivity contribution is 7.92. The predicted molar refractivity (Wildman–Crippen MR) is 84.6 cm³/mol. The monoisotopic (exact) mass is 301 g/mol. The van der Waals surface area contributed by atoms with E-state index in [2.05, 4.69) is 26.1 Å². The summed E-state index contributed by atoms with van der Waals surface area (Å²) in [5.74, 6) is 0.845. The van der Waals surface area contributed by atoms with Gasteiger partial charge < -0.3 is 5.32 Å². The van der Waals surface area contributed by atoms with Gasteiger partial charge in [-0.05, 0) is 50.5 Å². The van der Waals surface area contributed by atoms with Gasteiger partial charge in [0.25, 0.3) is 0 Å². The summed E-state index contributed by atoms with van der Waals surface area (Å²) in [6, 6.07) is 0.399. The minimum atomic E-state index is -2.94. The molecule has 4 heteroatoms. The molecule has 0 radical (unpaired) electrons. The first-order chi connectivity index (χ1) is 9.46. The maximum absolute atomic E-state index is 12.9. The molecule has 0 bridgehead atoms. The minimum absolute atomic E-state index is 0.0661. The van der Waals surface area contributed by atoms with E-state index >= 15 is 0 Å². The summed E-state index contributed by atoms with van der Waals surface area (Å²) < 4.78 is 25.9. The van der Waals surface area contributed by atoms with Crippen LogP contribution in [0.2, 0.25) is 0 Å². The Balaban J connectivity index is 2.03. The molecule has 0 spiro atoms. The maximum Gasteiger partial charge on any atom is 0.156 e. The lowest BCUT2D eigenvalue weighted by Crippen LogP contribution is -2.41. The predicted octanol–water partition coefficient (Wildman–Crippen LogP) is 3.15. The highest BCUT2D eigenvalue weighted by atomic mass is 32.2. The van der Waals surface area contributed by atoms with E-state index < -0.39 is 9.84 Å². The van der Waals surface area contributed by atoms with Crippen LogP contribution < -0.4 is 5.32 Å². The van der Waals surface area contributed by atoms with Gasteiger partial charge in [-0.3, -0.25) is 0 Å². The first kappa shape index (κ1) is 16.3. The SMILES string of the molecule is CCCNC1CCC(S(=O)(=O)C2CCCC(C)C2)C1C. The van der Waals surface area contributed by atoms with Crippen molar-refractivity contribution in [1.29, 1.82) is 0 Å². The first-order valence-corrected chi connectivity index (χ1v) is 10.0. The third-order valence-electron chi connectivity index (χ3n) is 5.41. The van der Waals surface area contributed by atoms with Gasteiger partial charge in [0.05, 0.1) is 10.5 Å². The molecule has 2 saturated carbocycles. The number of rotatable bonds is 5. The third-order valence-corrected chi connectivity index (χ3v) is 8.28. The van der Waals surface area contributed by atoms with Gasteiger partial charge in [-0.15, -0.1) is 0 Å². The average molecular weight is 301 g/mol. The summed E-state index contributed by atoms with van der Waals surface area (Å²) in [6.45, 7) is 7.49. The largest absolute Gasteiger partial charge is 0.314 e. The molecule has 3 nitrogen and oxygen atoms in total. The molecule has 118 valence electrons. The molecule has 0 amide bonds. The molecule has 5 unspecified atom stereocenters. The molecular formula is C16H31NO2S. The summed E-state index contributed by atoms with van der Waals surface area (Å²) in [7, 11) is -2.94. The lowest BCUT2D eigenvalue weighted by molar-refractivity contribution is 0.374. The fourth-order valence-corrected chi connectivity index (χ4v) is 6.97. The van der Waals surface area contributed by atoms with E-state index in [0.29, 0.717) is 12.0 Å². The molecule has 2 aliphatic carbocycles. The van der Waals surface area contributed by atoms with Gasteiger partial charge in [0.1, 0.15) is 0 Å². The van der Waals surface area contributed by atoms with Crippen molar-refractivity contribution in [3.63, 3.8) is 0 Å². The Bertz CT molecular complexity index is 407. The zero-order valence-electron chi connectivity index (χ0n) is 13.3. The topological polar surface area (TPSA) is 46.2 Å². The van der Waals surface area contributed by atoms with Crippen LogP contribution in [0.15, 0.2) is 0 Å². The van der Waals surface area contributed by atoms with Crippen LogP contribution in [0.1, 0.15) is 65.7 Å². The van der Waals surface area contributed by atoms with Crippen LogP contribution >= 0.6 is 0 Å². The highest BCUT2D eigenvalue weighted by Crippen LogP contribution is 2.38. The smallest absolute Gasteiger partial charge is 0.156 e. The minimum Gasteiger partial charge on any atom is -0.314 e. The fourth-order valence-electron chi connectivity index (χ4n) is 4.13. The Hall–Kier alpha value is -0.0900. The Morgan fingerprint density at radius 1 is 1.10 bits per heavy atom. The van der Waals surface area contributed by atoms with Gasteiger partial charge in [0, 0.05) is 6.04 Å². The van der Waals surface area contributed by atoms with E-state index in [-0.39, 0.29) is 16.4 Å². The molecule has 0 aromatic carbocycles. The molecular weight excluding hydrogens is 270 g/mol. The second kappa shape index (κ2) is 6.78. The Labute approximate surface area is 124 Å². The molecule has 2 aliphatic rings. The second-order valence-electron chi connectivity index (χ2n) is 7.02. The van der Waals surface area contributed by atoms with E-state index in [9.17, 15) is 8.42 Å². The Morgan fingerprint density at radius 3 is 2.50 bits per heavy atom. The van der Waals surface area contributed by atoms with Crippen LogP contribution in [0.4, 0.5) is 0 Å². The van der Waals surface area contributed by atoms with Crippen molar-refractivity contribution >= 4 is 9.84 Å². The summed E-state index contributed by atoms with van der Waals surface area (Å²) in [4.78, 5) is 0. The van der Waals surface area contributed by atoms with E-state index in [1.165, 1.54) is 6.42 Å². The molecule has 20 heavy (non-hydrogen) atoms. The zero-order valence-corrected chi connectivity index (χ0v) is 14.1. The van der Waals surface area contributed by atoms with Gasteiger partial charge in [-0.1, -0.05) is 33.6 Å². The van der Waals surface area contributed by atoms with E-state index in [1.807, 2.05) is 0 Å². The van der Waals surface area contributed by atoms with E-state index in [4.69, 9.17) is 0 Å². The third kappa shape index (κ3) is 3.38. The van der Waals surface area contributed by atoms with Crippen molar-refractivity contribution in [2.45, 2.75) is 82.3 Å². The van der Waals surface area contributed by atoms with E-state index in [1.54, 1.807) is 0 Å². The van der Waals surface area contributed by atoms with Gasteiger partial charge in [0.2, 0.25) is 0 Å². The van der Waals surface area contributed by atoms with Gasteiger partial charge in [0.15, 0.2) is 9.84 Å². The van der Waals surface area contributed by atoms with Gasteiger partial charge in [-0.25, -0.2) is 8.42 Å². The van der Waals surface area contributed by atoms with Crippen LogP contribution in [-0.2, 0) is 9.84 Å². The average Bonchev–Trinajstić information content (AvgIpc) is 2.78. The quantitative estimate of drug-likeness (QED) is 0.848. The standard InChI is InChI=1S/C16H31NO2S/c1-4-10-17-15-8-9-16(13(15)3)20(18,19)14-7-5-6-12(2)11-14/h12-17H,4-11H2,1-3H3. The molecule has 0 heterocycles. The molecule has 2 fully saturated rings. The molecule has 5 atom stereocenters. The lowest BCUT2D eigenvalue weighted by atomic mass is 9.90. The van der Waals surface area contributed by atoms with Crippen LogP contribution in [-0.4, -0.2) is 31.5 Å². The number of hydrogen-bond acceptors (Lipinski definition) is 3. The van der Waals surface area contributed by atoms with Crippen molar-refractivity contribution < 1.29 is 8.42 Å². The Kier molecular flexibility index (Phi) is 5.52. The summed E-state index contributed by atoms with van der Waals surface area (Å²) >= 11 is 0. The molecule has 2 rings (SSSR count). The number of hydrogen-bond donors (Lipinski definition) is 1. The Morgan fingerprint density at radius 2 is 1.85 bits per heavy atom. The molecule has 1 N–H and O–H groups in total. The van der Waals surface area contributed by atoms with Crippen molar-refractivity contribution in [2.24, 2.45) is 11.8 Å². The lowest BCUT2D eigenvalue weighted by Gasteiger charge is -2.31. The molecule has 0 aromatic heterocycles. The van der Waals surface area contributed by atoms with Crippen molar-refractivity contribution in [3.05, 3.63) is 0 Å². The molecule has 0 saturated heterocycles. The molecule has 0 aliphatic heterocycles. The molecule has 0 aromatic rings. The zero-order chi connectivity index (χ0) is 14.8. The van der Waals surface area contributed by atoms with Gasteiger partial charge in [-0.2, -0.15) is 0 Å². The van der Waals surface area contributed by atoms with Crippen LogP contribution in [0, 0.1) is 11.8 Å². The van der Waals surface area contributed by atoms with Crippen molar-refractivity contribution in [1.82, 2.24) is 5.32 Å². The van der Waals surface area contributed by atoms with E-state index in [0.717, 1.165) is 45.1 Å². The first-order valence-electron chi connectivity index (χ1n) is 8.42. The fraction of sp³-hybridized carbons (Fsp3) is 1.00. The number of sulfone groups is 1. The van der Waals surface area contributed by atoms with Crippen LogP contribution in [0.25, 0.3) is 0 Å². The summed E-state index contributed by atoms with van der Waals surface area (Å²) in [5.41, 5.74) is 0. The van der Waals surface area contributed by atoms with Crippen molar-refractivity contribution in [3.8, 4) is 0 Å². The second-order valence-corrected chi connectivity index (χ2v) is 9.47. The summed E-state index contributed by atoms with van der Waals surface area (Å²) in [6.07, 6.45) is 7.06. The normalized spacial score (nSPS) is 39.0. The van der Waals surface area contributed by atoms with Gasteiger partial charge >= 0.3 is 0 Å². The van der Waals surface area contributed by atoms with Crippen molar-refractivity contribution in [2.75, 3.05) is 6.54 Å². The maximum atomic E-state index is 12.9. The van der Waals surface area contributed by atoms with Crippen LogP contribution in [0.3, 0.4) is 0 Å². The number of nitrogens with one attached hydrogen (secondary N) is 1. The van der Waals surface area contributed by atoms with Crippen LogP contribution in [0.5, 0.6) is 0 Å².